The van der Waals surface area contributed by atoms with Crippen molar-refractivity contribution in [1.29, 1.82) is 0 Å². The van der Waals surface area contributed by atoms with Gasteiger partial charge in [-0.15, -0.1) is 18.3 Å². The molecule has 0 bridgehead atoms. The molecule has 23 heavy (non-hydrogen) atoms. The van der Waals surface area contributed by atoms with Crippen molar-refractivity contribution >= 4 is 41.0 Å². The Morgan fingerprint density at radius 3 is 2.61 bits per heavy atom. The highest BCUT2D eigenvalue weighted by molar-refractivity contribution is 8.00. The molecule has 0 spiro atoms. The van der Waals surface area contributed by atoms with Gasteiger partial charge in [-0.25, -0.2) is 0 Å². The molecule has 1 aliphatic heterocycles. The summed E-state index contributed by atoms with van der Waals surface area (Å²) >= 11 is 3.42. The predicted molar refractivity (Wildman–Crippen MR) is 100 cm³/mol. The first-order valence-electron chi connectivity index (χ1n) is 7.62. The average Bonchev–Trinajstić information content (AvgIpc) is 2.57. The number of benzene rings is 1. The van der Waals surface area contributed by atoms with Crippen LogP contribution in [0.1, 0.15) is 5.56 Å². The largest absolute Gasteiger partial charge is 0.341 e. The monoisotopic (exact) mass is 350 g/mol. The predicted octanol–water partition coefficient (Wildman–Crippen LogP) is 2.66. The van der Waals surface area contributed by atoms with Gasteiger partial charge in [0.1, 0.15) is 0 Å². The Labute approximate surface area is 146 Å². The number of anilines is 1. The lowest BCUT2D eigenvalue weighted by Crippen LogP contribution is -2.38. The van der Waals surface area contributed by atoms with Gasteiger partial charge >= 0.3 is 0 Å². The Hall–Kier alpha value is -1.40. The molecule has 6 heteroatoms. The molecule has 0 saturated carbocycles. The number of amides is 2. The van der Waals surface area contributed by atoms with E-state index in [1.807, 2.05) is 40.9 Å². The van der Waals surface area contributed by atoms with E-state index in [4.69, 9.17) is 0 Å². The van der Waals surface area contributed by atoms with E-state index in [2.05, 4.69) is 11.9 Å². The minimum atomic E-state index is -0.0218. The van der Waals surface area contributed by atoms with Crippen molar-refractivity contribution < 1.29 is 9.59 Å². The molecular weight excluding hydrogens is 328 g/mol. The number of carbonyl (C=O) groups is 2. The zero-order valence-electron chi connectivity index (χ0n) is 13.1. The summed E-state index contributed by atoms with van der Waals surface area (Å²) in [5.74, 6) is 3.40. The number of thioether (sulfide) groups is 2. The van der Waals surface area contributed by atoms with Gasteiger partial charge in [0.15, 0.2) is 0 Å². The molecule has 1 aromatic rings. The number of hydrogen-bond acceptors (Lipinski definition) is 4. The molecule has 0 aromatic heterocycles. The Kier molecular flexibility index (Phi) is 7.55. The average molecular weight is 351 g/mol. The van der Waals surface area contributed by atoms with E-state index in [1.165, 1.54) is 11.8 Å². The summed E-state index contributed by atoms with van der Waals surface area (Å²) in [6.07, 6.45) is 2.21. The van der Waals surface area contributed by atoms with Crippen LogP contribution in [0.4, 0.5) is 5.69 Å². The number of nitrogens with one attached hydrogen (secondary N) is 1. The lowest BCUT2D eigenvalue weighted by atomic mass is 10.1. The standard InChI is InChI=1S/C17H22N2O2S2/c1-2-9-23-13-16(20)18-15-5-3-14(4-6-15)12-17(21)19-7-10-22-11-8-19/h2-6H,1,7-13H2,(H,18,20). The van der Waals surface area contributed by atoms with E-state index in [0.29, 0.717) is 12.2 Å². The van der Waals surface area contributed by atoms with Crippen LogP contribution >= 0.6 is 23.5 Å². The third-order valence-corrected chi connectivity index (χ3v) is 5.31. The van der Waals surface area contributed by atoms with Gasteiger partial charge in [0.2, 0.25) is 11.8 Å². The van der Waals surface area contributed by atoms with E-state index in [-0.39, 0.29) is 11.8 Å². The van der Waals surface area contributed by atoms with Gasteiger partial charge in [-0.1, -0.05) is 18.2 Å². The van der Waals surface area contributed by atoms with Gasteiger partial charge in [-0.2, -0.15) is 11.8 Å². The number of carbonyl (C=O) groups excluding carboxylic acids is 2. The molecule has 0 atom stereocenters. The maximum Gasteiger partial charge on any atom is 0.234 e. The van der Waals surface area contributed by atoms with E-state index >= 15 is 0 Å². The summed E-state index contributed by atoms with van der Waals surface area (Å²) < 4.78 is 0. The lowest BCUT2D eigenvalue weighted by Gasteiger charge is -2.26. The zero-order chi connectivity index (χ0) is 16.5. The maximum absolute atomic E-state index is 12.2. The smallest absolute Gasteiger partial charge is 0.234 e. The second kappa shape index (κ2) is 9.67. The van der Waals surface area contributed by atoms with Crippen LogP contribution in [0.15, 0.2) is 36.9 Å². The van der Waals surface area contributed by atoms with E-state index in [0.717, 1.165) is 41.6 Å². The minimum absolute atomic E-state index is 0.0218. The van der Waals surface area contributed by atoms with Crippen LogP contribution in [0.5, 0.6) is 0 Å². The van der Waals surface area contributed by atoms with Crippen molar-refractivity contribution in [2.45, 2.75) is 6.42 Å². The molecule has 0 radical (unpaired) electrons. The molecule has 2 rings (SSSR count). The van der Waals surface area contributed by atoms with Crippen LogP contribution in [-0.4, -0.2) is 52.8 Å². The Bertz CT molecular complexity index is 540. The normalized spacial score (nSPS) is 14.3. The summed E-state index contributed by atoms with van der Waals surface area (Å²) in [5, 5.41) is 2.85. The third kappa shape index (κ3) is 6.31. The maximum atomic E-state index is 12.2. The Balaban J connectivity index is 1.80. The molecule has 2 amide bonds. The van der Waals surface area contributed by atoms with Crippen molar-refractivity contribution in [2.24, 2.45) is 0 Å². The number of nitrogens with zero attached hydrogens (tertiary/aromatic N) is 1. The topological polar surface area (TPSA) is 49.4 Å². The van der Waals surface area contributed by atoms with Crippen LogP contribution < -0.4 is 5.32 Å². The van der Waals surface area contributed by atoms with Gasteiger partial charge in [0, 0.05) is 36.0 Å². The van der Waals surface area contributed by atoms with Gasteiger partial charge in [-0.3, -0.25) is 9.59 Å². The van der Waals surface area contributed by atoms with Crippen molar-refractivity contribution in [3.8, 4) is 0 Å². The SMILES string of the molecule is C=CCSCC(=O)Nc1ccc(CC(=O)N2CCSCC2)cc1. The minimum Gasteiger partial charge on any atom is -0.341 e. The number of hydrogen-bond donors (Lipinski definition) is 1. The first-order valence-corrected chi connectivity index (χ1v) is 9.93. The second-order valence-corrected chi connectivity index (χ2v) is 7.47. The fraction of sp³-hybridized carbons (Fsp3) is 0.412. The lowest BCUT2D eigenvalue weighted by molar-refractivity contribution is -0.130. The molecule has 4 nitrogen and oxygen atoms in total. The van der Waals surface area contributed by atoms with Crippen molar-refractivity contribution in [3.63, 3.8) is 0 Å². The fourth-order valence-corrected chi connectivity index (χ4v) is 3.68. The molecule has 1 saturated heterocycles. The summed E-state index contributed by atoms with van der Waals surface area (Å²) in [4.78, 5) is 25.9. The molecule has 1 aliphatic rings. The summed E-state index contributed by atoms with van der Waals surface area (Å²) in [7, 11) is 0. The number of rotatable bonds is 7. The second-order valence-electron chi connectivity index (χ2n) is 5.22. The fourth-order valence-electron chi connectivity index (χ4n) is 2.24. The van der Waals surface area contributed by atoms with Gasteiger partial charge in [-0.05, 0) is 17.7 Å². The van der Waals surface area contributed by atoms with Gasteiger partial charge in [0.05, 0.1) is 12.2 Å². The van der Waals surface area contributed by atoms with E-state index in [1.54, 1.807) is 6.08 Å². The third-order valence-electron chi connectivity index (χ3n) is 3.43. The Morgan fingerprint density at radius 1 is 1.26 bits per heavy atom. The molecule has 0 unspecified atom stereocenters. The van der Waals surface area contributed by atoms with Crippen LogP contribution in [-0.2, 0) is 16.0 Å². The Morgan fingerprint density at radius 2 is 1.96 bits per heavy atom. The van der Waals surface area contributed by atoms with Crippen LogP contribution in [0.25, 0.3) is 0 Å². The summed E-state index contributed by atoms with van der Waals surface area (Å²) in [6.45, 7) is 5.32. The van der Waals surface area contributed by atoms with Crippen molar-refractivity contribution in [3.05, 3.63) is 42.5 Å². The molecule has 1 heterocycles. The van der Waals surface area contributed by atoms with Crippen molar-refractivity contribution in [2.75, 3.05) is 41.4 Å². The molecule has 0 aliphatic carbocycles. The highest BCUT2D eigenvalue weighted by Gasteiger charge is 2.16. The van der Waals surface area contributed by atoms with E-state index < -0.39 is 0 Å². The van der Waals surface area contributed by atoms with Gasteiger partial charge in [0.25, 0.3) is 0 Å². The van der Waals surface area contributed by atoms with Crippen LogP contribution in [0.3, 0.4) is 0 Å². The first kappa shape index (κ1) is 17.9. The molecule has 1 N–H and O–H groups in total. The highest BCUT2D eigenvalue weighted by Crippen LogP contribution is 2.14. The van der Waals surface area contributed by atoms with Crippen LogP contribution in [0, 0.1) is 0 Å². The summed E-state index contributed by atoms with van der Waals surface area (Å²) in [6, 6.07) is 7.52. The quantitative estimate of drug-likeness (QED) is 0.607. The summed E-state index contributed by atoms with van der Waals surface area (Å²) in [5.41, 5.74) is 1.74. The molecule has 124 valence electrons. The van der Waals surface area contributed by atoms with Gasteiger partial charge < -0.3 is 10.2 Å². The van der Waals surface area contributed by atoms with Crippen LogP contribution in [0.2, 0.25) is 0 Å². The van der Waals surface area contributed by atoms with Crippen molar-refractivity contribution in [1.82, 2.24) is 4.90 Å². The molecule has 1 fully saturated rings. The van der Waals surface area contributed by atoms with E-state index in [9.17, 15) is 9.59 Å². The first-order chi connectivity index (χ1) is 11.2. The molecular formula is C17H22N2O2S2. The molecule has 1 aromatic carbocycles. The zero-order valence-corrected chi connectivity index (χ0v) is 14.8. The highest BCUT2D eigenvalue weighted by atomic mass is 32.2.